The molecule has 0 saturated heterocycles. The van der Waals surface area contributed by atoms with E-state index in [9.17, 15) is 17.6 Å². The number of rotatable bonds is 2. The van der Waals surface area contributed by atoms with Crippen LogP contribution in [-0.2, 0) is 0 Å². The fourth-order valence-corrected chi connectivity index (χ4v) is 1.67. The van der Waals surface area contributed by atoms with Gasteiger partial charge >= 0.3 is 0 Å². The van der Waals surface area contributed by atoms with Crippen LogP contribution in [-0.4, -0.2) is 4.98 Å². The fraction of sp³-hybridized carbons (Fsp3) is 0. The standard InChI is InChI=1S/C13H6F4N2O/c14-7-2-1-6(3-8(7)15)18-13-19-11-4-9(16)10(17)5-12(11)20-13/h1-5H,(H,18,19). The Morgan fingerprint density at radius 3 is 2.30 bits per heavy atom. The maximum atomic E-state index is 13.0. The maximum absolute atomic E-state index is 13.0. The predicted molar refractivity (Wildman–Crippen MR) is 63.6 cm³/mol. The van der Waals surface area contributed by atoms with E-state index in [1.807, 2.05) is 0 Å². The highest BCUT2D eigenvalue weighted by molar-refractivity contribution is 5.75. The zero-order chi connectivity index (χ0) is 14.3. The van der Waals surface area contributed by atoms with Crippen LogP contribution in [0.3, 0.4) is 0 Å². The van der Waals surface area contributed by atoms with Gasteiger partial charge in [0, 0.05) is 23.9 Å². The monoisotopic (exact) mass is 282 g/mol. The van der Waals surface area contributed by atoms with Crippen molar-refractivity contribution in [2.75, 3.05) is 5.32 Å². The van der Waals surface area contributed by atoms with Gasteiger partial charge in [-0.3, -0.25) is 0 Å². The Hall–Kier alpha value is -2.57. The van der Waals surface area contributed by atoms with Gasteiger partial charge in [-0.15, -0.1) is 0 Å². The van der Waals surface area contributed by atoms with Crippen LogP contribution in [0, 0.1) is 23.3 Å². The zero-order valence-corrected chi connectivity index (χ0v) is 9.75. The number of anilines is 2. The van der Waals surface area contributed by atoms with Gasteiger partial charge in [-0.2, -0.15) is 4.98 Å². The lowest BCUT2D eigenvalue weighted by atomic mass is 10.3. The molecule has 0 fully saturated rings. The van der Waals surface area contributed by atoms with E-state index in [1.54, 1.807) is 0 Å². The smallest absolute Gasteiger partial charge is 0.300 e. The molecule has 3 rings (SSSR count). The molecule has 1 aromatic heterocycles. The minimum atomic E-state index is -1.06. The van der Waals surface area contributed by atoms with E-state index in [2.05, 4.69) is 10.3 Å². The van der Waals surface area contributed by atoms with Crippen molar-refractivity contribution in [1.82, 2.24) is 4.98 Å². The molecule has 0 saturated carbocycles. The van der Waals surface area contributed by atoms with Crippen LogP contribution in [0.5, 0.6) is 0 Å². The third-order valence-corrected chi connectivity index (χ3v) is 2.60. The first-order chi connectivity index (χ1) is 9.52. The van der Waals surface area contributed by atoms with E-state index >= 15 is 0 Å². The number of hydrogen-bond donors (Lipinski definition) is 1. The molecule has 0 radical (unpaired) electrons. The zero-order valence-electron chi connectivity index (χ0n) is 9.75. The molecule has 0 bridgehead atoms. The highest BCUT2D eigenvalue weighted by Gasteiger charge is 2.11. The summed E-state index contributed by atoms with van der Waals surface area (Å²) in [6.45, 7) is 0. The molecular formula is C13H6F4N2O. The molecule has 2 aromatic carbocycles. The Labute approximate surface area is 109 Å². The number of nitrogens with one attached hydrogen (secondary N) is 1. The van der Waals surface area contributed by atoms with Crippen LogP contribution in [0.1, 0.15) is 0 Å². The van der Waals surface area contributed by atoms with Gasteiger partial charge in [-0.25, -0.2) is 17.6 Å². The van der Waals surface area contributed by atoms with Crippen LogP contribution in [0.25, 0.3) is 11.1 Å². The van der Waals surface area contributed by atoms with E-state index < -0.39 is 23.3 Å². The van der Waals surface area contributed by atoms with Crippen LogP contribution >= 0.6 is 0 Å². The maximum Gasteiger partial charge on any atom is 0.300 e. The van der Waals surface area contributed by atoms with Crippen LogP contribution < -0.4 is 5.32 Å². The summed E-state index contributed by atoms with van der Waals surface area (Å²) in [6, 6.07) is 4.76. The second-order valence-electron chi connectivity index (χ2n) is 4.01. The van der Waals surface area contributed by atoms with Gasteiger partial charge < -0.3 is 9.73 Å². The summed E-state index contributed by atoms with van der Waals surface area (Å²) in [5, 5.41) is 2.57. The summed E-state index contributed by atoms with van der Waals surface area (Å²) in [5.74, 6) is -4.14. The van der Waals surface area contributed by atoms with Gasteiger partial charge in [-0.1, -0.05) is 0 Å². The van der Waals surface area contributed by atoms with E-state index in [1.165, 1.54) is 6.07 Å². The van der Waals surface area contributed by atoms with Gasteiger partial charge in [0.1, 0.15) is 5.52 Å². The average molecular weight is 282 g/mol. The Balaban J connectivity index is 1.96. The number of hydrogen-bond acceptors (Lipinski definition) is 3. The summed E-state index contributed by atoms with van der Waals surface area (Å²) >= 11 is 0. The highest BCUT2D eigenvalue weighted by atomic mass is 19.2. The summed E-state index contributed by atoms with van der Waals surface area (Å²) < 4.78 is 56.9. The molecule has 1 heterocycles. The third-order valence-electron chi connectivity index (χ3n) is 2.60. The van der Waals surface area contributed by atoms with Gasteiger partial charge in [-0.05, 0) is 12.1 Å². The van der Waals surface area contributed by atoms with Crippen molar-refractivity contribution in [3.63, 3.8) is 0 Å². The second kappa shape index (κ2) is 4.52. The Kier molecular flexibility index (Phi) is 2.81. The van der Waals surface area contributed by atoms with Gasteiger partial charge in [0.15, 0.2) is 28.9 Å². The van der Waals surface area contributed by atoms with Crippen molar-refractivity contribution in [2.45, 2.75) is 0 Å². The first kappa shape index (κ1) is 12.5. The number of oxazole rings is 1. The Morgan fingerprint density at radius 2 is 1.55 bits per heavy atom. The Morgan fingerprint density at radius 1 is 0.850 bits per heavy atom. The molecule has 0 spiro atoms. The SMILES string of the molecule is Fc1ccc(Nc2nc3cc(F)c(F)cc3o2)cc1F. The Bertz CT molecular complexity index is 761. The van der Waals surface area contributed by atoms with Crippen molar-refractivity contribution >= 4 is 22.8 Å². The normalized spacial score (nSPS) is 11.0. The fourth-order valence-electron chi connectivity index (χ4n) is 1.67. The van der Waals surface area contributed by atoms with Crippen LogP contribution in [0.2, 0.25) is 0 Å². The summed E-state index contributed by atoms with van der Waals surface area (Å²) in [4.78, 5) is 3.86. The molecule has 7 heteroatoms. The van der Waals surface area contributed by atoms with E-state index in [0.29, 0.717) is 0 Å². The van der Waals surface area contributed by atoms with Crippen LogP contribution in [0.15, 0.2) is 34.7 Å². The first-order valence-electron chi connectivity index (χ1n) is 5.50. The van der Waals surface area contributed by atoms with E-state index in [0.717, 1.165) is 24.3 Å². The lowest BCUT2D eigenvalue weighted by Crippen LogP contribution is -1.92. The topological polar surface area (TPSA) is 38.1 Å². The third kappa shape index (κ3) is 2.18. The molecule has 0 aliphatic rings. The highest BCUT2D eigenvalue weighted by Crippen LogP contribution is 2.24. The average Bonchev–Trinajstić information content (AvgIpc) is 2.76. The summed E-state index contributed by atoms with van der Waals surface area (Å²) in [5.41, 5.74) is 0.333. The minimum Gasteiger partial charge on any atom is -0.423 e. The molecule has 0 amide bonds. The second-order valence-corrected chi connectivity index (χ2v) is 4.01. The molecule has 0 aliphatic carbocycles. The molecule has 3 aromatic rings. The number of halogens is 4. The number of benzene rings is 2. The molecule has 1 N–H and O–H groups in total. The number of aromatic nitrogens is 1. The molecule has 0 unspecified atom stereocenters. The van der Waals surface area contributed by atoms with Gasteiger partial charge in [0.25, 0.3) is 6.01 Å². The quantitative estimate of drug-likeness (QED) is 0.718. The molecule has 0 aliphatic heterocycles. The number of fused-ring (bicyclic) bond motifs is 1. The van der Waals surface area contributed by atoms with Gasteiger partial charge in [0.05, 0.1) is 0 Å². The molecule has 3 nitrogen and oxygen atoms in total. The minimum absolute atomic E-state index is 0.0361. The van der Waals surface area contributed by atoms with Crippen molar-refractivity contribution in [3.05, 3.63) is 53.6 Å². The summed E-state index contributed by atoms with van der Waals surface area (Å²) in [6.07, 6.45) is 0. The largest absolute Gasteiger partial charge is 0.423 e. The van der Waals surface area contributed by atoms with Crippen LogP contribution in [0.4, 0.5) is 29.3 Å². The van der Waals surface area contributed by atoms with Crippen molar-refractivity contribution in [1.29, 1.82) is 0 Å². The predicted octanol–water partition coefficient (Wildman–Crippen LogP) is 4.13. The number of nitrogens with zero attached hydrogens (tertiary/aromatic N) is 1. The molecular weight excluding hydrogens is 276 g/mol. The summed E-state index contributed by atoms with van der Waals surface area (Å²) in [7, 11) is 0. The first-order valence-corrected chi connectivity index (χ1v) is 5.50. The molecule has 102 valence electrons. The van der Waals surface area contributed by atoms with Gasteiger partial charge in [0.2, 0.25) is 0 Å². The van der Waals surface area contributed by atoms with E-state index in [4.69, 9.17) is 4.42 Å². The van der Waals surface area contributed by atoms with Crippen molar-refractivity contribution in [2.24, 2.45) is 0 Å². The molecule has 0 atom stereocenters. The van der Waals surface area contributed by atoms with Crippen molar-refractivity contribution in [3.8, 4) is 0 Å². The molecule has 20 heavy (non-hydrogen) atoms. The van der Waals surface area contributed by atoms with E-state index in [-0.39, 0.29) is 22.8 Å². The lowest BCUT2D eigenvalue weighted by Gasteiger charge is -2.01. The lowest BCUT2D eigenvalue weighted by molar-refractivity contribution is 0.507. The van der Waals surface area contributed by atoms with Crippen molar-refractivity contribution < 1.29 is 22.0 Å².